The minimum atomic E-state index is -0.772. The van der Waals surface area contributed by atoms with Gasteiger partial charge in [0.05, 0.1) is 0 Å². The molecule has 0 N–H and O–H groups in total. The van der Waals surface area contributed by atoms with E-state index in [1.165, 1.54) is 231 Å². The fourth-order valence-corrected chi connectivity index (χ4v) is 9.18. The molecule has 0 aliphatic rings. The average molecular weight is 984 g/mol. The van der Waals surface area contributed by atoms with Crippen LogP contribution < -0.4 is 0 Å². The molecule has 0 amide bonds. The first-order valence-corrected chi connectivity index (χ1v) is 31.0. The molecule has 0 rings (SSSR count). The first kappa shape index (κ1) is 67.6. The van der Waals surface area contributed by atoms with E-state index < -0.39 is 6.10 Å². The molecular weight excluding hydrogens is 865 g/mol. The summed E-state index contributed by atoms with van der Waals surface area (Å²) in [6.07, 6.45) is 71.4. The van der Waals surface area contributed by atoms with Crippen molar-refractivity contribution in [3.63, 3.8) is 0 Å². The minimum absolute atomic E-state index is 0.0704. The van der Waals surface area contributed by atoms with Crippen molar-refractivity contribution in [2.24, 2.45) is 0 Å². The van der Waals surface area contributed by atoms with Crippen molar-refractivity contribution in [1.82, 2.24) is 0 Å². The van der Waals surface area contributed by atoms with E-state index in [1.807, 2.05) is 0 Å². The number of hydrogen-bond donors (Lipinski definition) is 0. The smallest absolute Gasteiger partial charge is 0.306 e. The van der Waals surface area contributed by atoms with Crippen LogP contribution in [0.4, 0.5) is 0 Å². The molecule has 0 radical (unpaired) electrons. The number of allylic oxidation sites excluding steroid dienone is 6. The van der Waals surface area contributed by atoms with Gasteiger partial charge in [-0.25, -0.2) is 0 Å². The Labute approximate surface area is 435 Å². The number of rotatable bonds is 57. The molecule has 0 aliphatic heterocycles. The van der Waals surface area contributed by atoms with E-state index in [-0.39, 0.29) is 31.1 Å². The fraction of sp³-hybridized carbons (Fsp3) is 0.859. The second-order valence-corrected chi connectivity index (χ2v) is 21.0. The van der Waals surface area contributed by atoms with Crippen LogP contribution in [0.5, 0.6) is 0 Å². The highest BCUT2D eigenvalue weighted by Crippen LogP contribution is 2.17. The van der Waals surface area contributed by atoms with Crippen molar-refractivity contribution in [2.45, 2.75) is 341 Å². The molecular formula is C64H118O6. The van der Waals surface area contributed by atoms with Gasteiger partial charge < -0.3 is 14.2 Å². The summed E-state index contributed by atoms with van der Waals surface area (Å²) in [4.78, 5) is 38.2. The largest absolute Gasteiger partial charge is 0.462 e. The molecule has 0 heterocycles. The molecule has 0 fully saturated rings. The molecule has 0 aromatic heterocycles. The first-order chi connectivity index (χ1) is 34.5. The van der Waals surface area contributed by atoms with Crippen LogP contribution in [0.15, 0.2) is 36.5 Å². The Kier molecular flexibility index (Phi) is 57.2. The Bertz CT molecular complexity index is 1170. The lowest BCUT2D eigenvalue weighted by atomic mass is 10.0. The molecule has 0 saturated carbocycles. The van der Waals surface area contributed by atoms with Gasteiger partial charge in [-0.05, 0) is 77.0 Å². The van der Waals surface area contributed by atoms with Gasteiger partial charge in [-0.1, -0.05) is 276 Å². The van der Waals surface area contributed by atoms with E-state index in [0.29, 0.717) is 19.3 Å². The van der Waals surface area contributed by atoms with E-state index in [2.05, 4.69) is 57.2 Å². The zero-order valence-corrected chi connectivity index (χ0v) is 47.1. The lowest BCUT2D eigenvalue weighted by Crippen LogP contribution is -2.30. The summed E-state index contributed by atoms with van der Waals surface area (Å²) in [5.41, 5.74) is 0. The lowest BCUT2D eigenvalue weighted by Gasteiger charge is -2.18. The summed E-state index contributed by atoms with van der Waals surface area (Å²) in [5.74, 6) is -0.858. The molecule has 6 nitrogen and oxygen atoms in total. The molecule has 6 heteroatoms. The van der Waals surface area contributed by atoms with Crippen molar-refractivity contribution in [3.05, 3.63) is 36.5 Å². The van der Waals surface area contributed by atoms with Gasteiger partial charge in [-0.15, -0.1) is 0 Å². The number of carbonyl (C=O) groups excluding carboxylic acids is 3. The topological polar surface area (TPSA) is 78.9 Å². The molecule has 1 unspecified atom stereocenters. The molecule has 1 atom stereocenters. The zero-order valence-electron chi connectivity index (χ0n) is 47.1. The summed E-state index contributed by atoms with van der Waals surface area (Å²) in [5, 5.41) is 0. The summed E-state index contributed by atoms with van der Waals surface area (Å²) < 4.78 is 16.9. The van der Waals surface area contributed by atoms with Crippen molar-refractivity contribution in [2.75, 3.05) is 13.2 Å². The third-order valence-corrected chi connectivity index (χ3v) is 13.9. The normalized spacial score (nSPS) is 12.2. The SMILES string of the molecule is CCCCCCC/C=C\C/C=C\CCCCCCCCCCCCCC(=O)OCC(COC(=O)CCCCCCCCCCCCC)OC(=O)CCCCCCCCC/C=C\CCCCCCCCC. The molecule has 410 valence electrons. The van der Waals surface area contributed by atoms with E-state index in [4.69, 9.17) is 14.2 Å². The molecule has 0 saturated heterocycles. The molecule has 0 aromatic carbocycles. The standard InChI is InChI=1S/C64H118O6/c1-4-7-10-13-16-19-22-24-26-28-30-31-32-33-34-36-37-39-42-45-48-51-54-57-63(66)69-60-61(59-68-62(65)56-53-50-47-44-41-21-18-15-12-9-6-3)70-64(67)58-55-52-49-46-43-40-38-35-29-27-25-23-20-17-14-11-8-5-2/h22,24,27-30,61H,4-21,23,25-26,31-60H2,1-3H3/b24-22-,29-27-,30-28-. The quantitative estimate of drug-likeness (QED) is 0.0261. The summed E-state index contributed by atoms with van der Waals surface area (Å²) in [6.45, 7) is 6.66. The van der Waals surface area contributed by atoms with Crippen LogP contribution in [0.3, 0.4) is 0 Å². The van der Waals surface area contributed by atoms with Crippen LogP contribution >= 0.6 is 0 Å². The number of esters is 3. The van der Waals surface area contributed by atoms with Crippen LogP contribution in [-0.2, 0) is 28.6 Å². The molecule has 0 spiro atoms. The predicted octanol–water partition coefficient (Wildman–Crippen LogP) is 20.8. The van der Waals surface area contributed by atoms with Crippen molar-refractivity contribution in [3.8, 4) is 0 Å². The Morgan fingerprint density at radius 2 is 0.514 bits per heavy atom. The van der Waals surface area contributed by atoms with E-state index in [9.17, 15) is 14.4 Å². The average Bonchev–Trinajstić information content (AvgIpc) is 3.36. The summed E-state index contributed by atoms with van der Waals surface area (Å²) in [6, 6.07) is 0. The fourth-order valence-electron chi connectivity index (χ4n) is 9.18. The van der Waals surface area contributed by atoms with Gasteiger partial charge in [-0.2, -0.15) is 0 Å². The Hall–Kier alpha value is -2.37. The van der Waals surface area contributed by atoms with Crippen LogP contribution in [-0.4, -0.2) is 37.2 Å². The highest BCUT2D eigenvalue weighted by Gasteiger charge is 2.19. The van der Waals surface area contributed by atoms with E-state index in [0.717, 1.165) is 64.2 Å². The summed E-state index contributed by atoms with van der Waals surface area (Å²) >= 11 is 0. The summed E-state index contributed by atoms with van der Waals surface area (Å²) in [7, 11) is 0. The number of hydrogen-bond acceptors (Lipinski definition) is 6. The van der Waals surface area contributed by atoms with Crippen LogP contribution in [0, 0.1) is 0 Å². The Balaban J connectivity index is 4.26. The molecule has 0 aromatic rings. The first-order valence-electron chi connectivity index (χ1n) is 31.0. The maximum atomic E-state index is 12.9. The second-order valence-electron chi connectivity index (χ2n) is 21.0. The Morgan fingerprint density at radius 3 is 0.800 bits per heavy atom. The highest BCUT2D eigenvalue weighted by molar-refractivity contribution is 5.71. The third kappa shape index (κ3) is 56.5. The molecule has 70 heavy (non-hydrogen) atoms. The third-order valence-electron chi connectivity index (χ3n) is 13.9. The number of unbranched alkanes of at least 4 members (excludes halogenated alkanes) is 40. The monoisotopic (exact) mass is 983 g/mol. The lowest BCUT2D eigenvalue weighted by molar-refractivity contribution is -0.167. The van der Waals surface area contributed by atoms with Gasteiger partial charge in [0.2, 0.25) is 0 Å². The van der Waals surface area contributed by atoms with Gasteiger partial charge in [0.1, 0.15) is 13.2 Å². The van der Waals surface area contributed by atoms with Crippen molar-refractivity contribution < 1.29 is 28.6 Å². The maximum absolute atomic E-state index is 12.9. The van der Waals surface area contributed by atoms with E-state index >= 15 is 0 Å². The minimum Gasteiger partial charge on any atom is -0.462 e. The predicted molar refractivity (Wildman–Crippen MR) is 302 cm³/mol. The van der Waals surface area contributed by atoms with E-state index in [1.54, 1.807) is 0 Å². The van der Waals surface area contributed by atoms with Gasteiger partial charge >= 0.3 is 17.9 Å². The van der Waals surface area contributed by atoms with Crippen LogP contribution in [0.25, 0.3) is 0 Å². The van der Waals surface area contributed by atoms with Crippen molar-refractivity contribution >= 4 is 17.9 Å². The second kappa shape index (κ2) is 59.2. The van der Waals surface area contributed by atoms with Gasteiger partial charge in [0.25, 0.3) is 0 Å². The maximum Gasteiger partial charge on any atom is 0.306 e. The molecule has 0 bridgehead atoms. The zero-order chi connectivity index (χ0) is 50.7. The number of ether oxygens (including phenoxy) is 3. The van der Waals surface area contributed by atoms with Crippen LogP contribution in [0.1, 0.15) is 335 Å². The van der Waals surface area contributed by atoms with Gasteiger partial charge in [0, 0.05) is 19.3 Å². The van der Waals surface area contributed by atoms with Gasteiger partial charge in [-0.3, -0.25) is 14.4 Å². The highest BCUT2D eigenvalue weighted by atomic mass is 16.6. The van der Waals surface area contributed by atoms with Gasteiger partial charge in [0.15, 0.2) is 6.10 Å². The van der Waals surface area contributed by atoms with Crippen LogP contribution in [0.2, 0.25) is 0 Å². The molecule has 0 aliphatic carbocycles. The Morgan fingerprint density at radius 1 is 0.286 bits per heavy atom. The number of carbonyl (C=O) groups is 3. The van der Waals surface area contributed by atoms with Crippen molar-refractivity contribution in [1.29, 1.82) is 0 Å².